The van der Waals surface area contributed by atoms with Crippen LogP contribution >= 0.6 is 39.1 Å². The van der Waals surface area contributed by atoms with Gasteiger partial charge in [-0.3, -0.25) is 0 Å². The normalized spacial score (nSPS) is 12.4. The van der Waals surface area contributed by atoms with Gasteiger partial charge in [-0.1, -0.05) is 45.2 Å². The van der Waals surface area contributed by atoms with Crippen LogP contribution in [0.4, 0.5) is 4.39 Å². The summed E-state index contributed by atoms with van der Waals surface area (Å²) >= 11 is 15.3. The monoisotopic (exact) mass is 375 g/mol. The van der Waals surface area contributed by atoms with Gasteiger partial charge >= 0.3 is 0 Å². The molecule has 0 radical (unpaired) electrons. The molecule has 0 aliphatic heterocycles. The summed E-state index contributed by atoms with van der Waals surface area (Å²) in [5, 5.41) is 4.16. The van der Waals surface area contributed by atoms with Gasteiger partial charge in [-0.05, 0) is 49.4 Å². The van der Waals surface area contributed by atoms with Crippen LogP contribution in [0.3, 0.4) is 0 Å². The Morgan fingerprint density at radius 1 is 1.15 bits per heavy atom. The minimum Gasteiger partial charge on any atom is -0.313 e. The predicted octanol–water partition coefficient (Wildman–Crippen LogP) is 5.40. The summed E-state index contributed by atoms with van der Waals surface area (Å²) in [5.41, 5.74) is 1.62. The first-order chi connectivity index (χ1) is 9.51. The molecular formula is C15H13BrCl2FN. The first kappa shape index (κ1) is 15.8. The zero-order valence-electron chi connectivity index (χ0n) is 10.8. The summed E-state index contributed by atoms with van der Waals surface area (Å²) in [6, 6.07) is 10.3. The van der Waals surface area contributed by atoms with Crippen molar-refractivity contribution < 1.29 is 4.39 Å². The summed E-state index contributed by atoms with van der Waals surface area (Å²) < 4.78 is 14.8. The van der Waals surface area contributed by atoms with E-state index in [1.54, 1.807) is 18.2 Å². The molecule has 20 heavy (non-hydrogen) atoms. The van der Waals surface area contributed by atoms with E-state index in [0.717, 1.165) is 10.0 Å². The van der Waals surface area contributed by atoms with Crippen molar-refractivity contribution in [3.05, 3.63) is 67.9 Å². The molecule has 0 spiro atoms. The molecule has 1 N–H and O–H groups in total. The van der Waals surface area contributed by atoms with Crippen molar-refractivity contribution in [2.75, 3.05) is 7.05 Å². The van der Waals surface area contributed by atoms with Gasteiger partial charge in [-0.25, -0.2) is 4.39 Å². The van der Waals surface area contributed by atoms with Gasteiger partial charge in [0.05, 0.1) is 10.0 Å². The van der Waals surface area contributed by atoms with Crippen molar-refractivity contribution >= 4 is 39.1 Å². The summed E-state index contributed by atoms with van der Waals surface area (Å²) in [7, 11) is 1.81. The van der Waals surface area contributed by atoms with E-state index >= 15 is 0 Å². The fourth-order valence-electron chi connectivity index (χ4n) is 2.05. The van der Waals surface area contributed by atoms with Gasteiger partial charge in [-0.15, -0.1) is 0 Å². The maximum atomic E-state index is 13.9. The Kier molecular flexibility index (Phi) is 5.44. The van der Waals surface area contributed by atoms with Gasteiger partial charge < -0.3 is 5.32 Å². The van der Waals surface area contributed by atoms with E-state index in [2.05, 4.69) is 21.2 Å². The minimum absolute atomic E-state index is 0.134. The van der Waals surface area contributed by atoms with Crippen molar-refractivity contribution in [1.82, 2.24) is 5.32 Å². The third-order valence-electron chi connectivity index (χ3n) is 3.11. The Bertz CT molecular complexity index is 619. The first-order valence-corrected chi connectivity index (χ1v) is 7.62. The van der Waals surface area contributed by atoms with E-state index in [0.29, 0.717) is 22.0 Å². The molecule has 1 nitrogen and oxygen atoms in total. The van der Waals surface area contributed by atoms with Crippen molar-refractivity contribution in [2.45, 2.75) is 12.5 Å². The molecule has 0 fully saturated rings. The highest BCUT2D eigenvalue weighted by atomic mass is 79.9. The second kappa shape index (κ2) is 6.90. The molecule has 0 bridgehead atoms. The lowest BCUT2D eigenvalue weighted by molar-refractivity contribution is 0.533. The van der Waals surface area contributed by atoms with Gasteiger partial charge in [0.1, 0.15) is 5.82 Å². The Morgan fingerprint density at radius 3 is 2.55 bits per heavy atom. The zero-order valence-corrected chi connectivity index (χ0v) is 13.9. The summed E-state index contributed by atoms with van der Waals surface area (Å²) in [6.45, 7) is 0. The highest BCUT2D eigenvalue weighted by Crippen LogP contribution is 2.27. The topological polar surface area (TPSA) is 12.0 Å². The van der Waals surface area contributed by atoms with Gasteiger partial charge in [0.2, 0.25) is 0 Å². The molecule has 0 saturated carbocycles. The number of rotatable bonds is 4. The second-order valence-electron chi connectivity index (χ2n) is 4.46. The smallest absolute Gasteiger partial charge is 0.128 e. The van der Waals surface area contributed by atoms with Crippen molar-refractivity contribution in [3.63, 3.8) is 0 Å². The third-order valence-corrected chi connectivity index (χ3v) is 4.34. The van der Waals surface area contributed by atoms with Crippen LogP contribution in [0.2, 0.25) is 10.0 Å². The van der Waals surface area contributed by atoms with Crippen LogP contribution in [0, 0.1) is 5.82 Å². The molecule has 0 aromatic heterocycles. The van der Waals surface area contributed by atoms with Crippen LogP contribution in [0.5, 0.6) is 0 Å². The molecule has 1 unspecified atom stereocenters. The van der Waals surface area contributed by atoms with Gasteiger partial charge in [-0.2, -0.15) is 0 Å². The number of benzene rings is 2. The third kappa shape index (κ3) is 3.73. The van der Waals surface area contributed by atoms with E-state index in [-0.39, 0.29) is 11.9 Å². The number of hydrogen-bond acceptors (Lipinski definition) is 1. The van der Waals surface area contributed by atoms with Crippen LogP contribution in [-0.4, -0.2) is 7.05 Å². The molecule has 1 atom stereocenters. The molecule has 0 aliphatic rings. The predicted molar refractivity (Wildman–Crippen MR) is 86.1 cm³/mol. The fourth-order valence-corrected chi connectivity index (χ4v) is 2.75. The Hall–Kier alpha value is -0.610. The van der Waals surface area contributed by atoms with Crippen molar-refractivity contribution in [2.24, 2.45) is 0 Å². The fraction of sp³-hybridized carbons (Fsp3) is 0.200. The summed E-state index contributed by atoms with van der Waals surface area (Å²) in [6.07, 6.45) is 0.626. The zero-order chi connectivity index (χ0) is 14.7. The molecule has 5 heteroatoms. The molecule has 0 amide bonds. The van der Waals surface area contributed by atoms with Crippen molar-refractivity contribution in [1.29, 1.82) is 0 Å². The standard InChI is InChI=1S/C15H13BrCl2FN/c1-20-15(11-8-10(16)3-5-14(11)19)7-9-2-4-12(17)13(18)6-9/h2-6,8,15,20H,7H2,1H3. The van der Waals surface area contributed by atoms with Crippen molar-refractivity contribution in [3.8, 4) is 0 Å². The Morgan fingerprint density at radius 2 is 1.90 bits per heavy atom. The van der Waals surface area contributed by atoms with Crippen LogP contribution in [0.25, 0.3) is 0 Å². The molecule has 2 rings (SSSR count). The largest absolute Gasteiger partial charge is 0.313 e. The summed E-state index contributed by atoms with van der Waals surface area (Å²) in [4.78, 5) is 0. The van der Waals surface area contributed by atoms with Gasteiger partial charge in [0, 0.05) is 16.1 Å². The maximum Gasteiger partial charge on any atom is 0.128 e. The number of halogens is 4. The molecule has 2 aromatic rings. The maximum absolute atomic E-state index is 13.9. The molecule has 0 heterocycles. The Balaban J connectivity index is 2.28. The lowest BCUT2D eigenvalue weighted by atomic mass is 9.98. The second-order valence-corrected chi connectivity index (χ2v) is 6.19. The van der Waals surface area contributed by atoms with E-state index in [4.69, 9.17) is 23.2 Å². The first-order valence-electron chi connectivity index (χ1n) is 6.07. The van der Waals surface area contributed by atoms with Gasteiger partial charge in [0.25, 0.3) is 0 Å². The van der Waals surface area contributed by atoms with Crippen LogP contribution in [0.1, 0.15) is 17.2 Å². The molecule has 106 valence electrons. The number of hydrogen-bond donors (Lipinski definition) is 1. The Labute approximate surface area is 136 Å². The van der Waals surface area contributed by atoms with Gasteiger partial charge in [0.15, 0.2) is 0 Å². The number of likely N-dealkylation sites (N-methyl/N-ethyl adjacent to an activating group) is 1. The molecule has 2 aromatic carbocycles. The van der Waals surface area contributed by atoms with E-state index < -0.39 is 0 Å². The lowest BCUT2D eigenvalue weighted by Crippen LogP contribution is -2.20. The lowest BCUT2D eigenvalue weighted by Gasteiger charge is -2.18. The van der Waals surface area contributed by atoms with E-state index in [1.165, 1.54) is 6.07 Å². The SMILES string of the molecule is CNC(Cc1ccc(Cl)c(Cl)c1)c1cc(Br)ccc1F. The van der Waals surface area contributed by atoms with Crippen LogP contribution in [0.15, 0.2) is 40.9 Å². The molecular weight excluding hydrogens is 364 g/mol. The molecule has 0 aliphatic carbocycles. The quantitative estimate of drug-likeness (QED) is 0.753. The minimum atomic E-state index is -0.229. The average Bonchev–Trinajstić information content (AvgIpc) is 2.43. The van der Waals surface area contributed by atoms with E-state index in [1.807, 2.05) is 19.2 Å². The van der Waals surface area contributed by atoms with Crippen LogP contribution < -0.4 is 5.32 Å². The van der Waals surface area contributed by atoms with Crippen LogP contribution in [-0.2, 0) is 6.42 Å². The average molecular weight is 377 g/mol. The highest BCUT2D eigenvalue weighted by molar-refractivity contribution is 9.10. The highest BCUT2D eigenvalue weighted by Gasteiger charge is 2.15. The number of nitrogens with one attached hydrogen (secondary N) is 1. The summed E-state index contributed by atoms with van der Waals surface area (Å²) in [5.74, 6) is -0.229. The molecule has 0 saturated heterocycles. The van der Waals surface area contributed by atoms with E-state index in [9.17, 15) is 4.39 Å².